The van der Waals surface area contributed by atoms with Crippen molar-refractivity contribution in [3.05, 3.63) is 48.0 Å². The molecule has 0 bridgehead atoms. The van der Waals surface area contributed by atoms with E-state index in [4.69, 9.17) is 11.5 Å². The molecule has 124 valence electrons. The van der Waals surface area contributed by atoms with Crippen LogP contribution in [0.3, 0.4) is 0 Å². The molecule has 4 N–H and O–H groups in total. The van der Waals surface area contributed by atoms with Gasteiger partial charge in [-0.05, 0) is 69.5 Å². The average molecular weight is 349 g/mol. The molecule has 0 saturated carbocycles. The Bertz CT molecular complexity index is 592. The Morgan fingerprint density at radius 1 is 0.739 bits per heavy atom. The standard InChI is InChI=1S/C17H24N4S2/c18-10-2-1-6-14-16(8-4-12-20-14)22-23-17-9-5-13-21-15(17)7-3-11-19/h4-5,8-9,12-13H,1-3,6-7,10-11,18-19H2. The van der Waals surface area contributed by atoms with Crippen molar-refractivity contribution < 1.29 is 0 Å². The van der Waals surface area contributed by atoms with Crippen LogP contribution in [0.5, 0.6) is 0 Å². The highest BCUT2D eigenvalue weighted by atomic mass is 33.1. The molecule has 0 aromatic carbocycles. The lowest BCUT2D eigenvalue weighted by molar-refractivity contribution is 0.723. The third kappa shape index (κ3) is 6.14. The Morgan fingerprint density at radius 3 is 1.78 bits per heavy atom. The highest BCUT2D eigenvalue weighted by Gasteiger charge is 2.08. The van der Waals surface area contributed by atoms with E-state index in [0.717, 1.165) is 50.0 Å². The molecule has 0 unspecified atom stereocenters. The summed E-state index contributed by atoms with van der Waals surface area (Å²) in [6, 6.07) is 8.24. The number of rotatable bonds is 10. The topological polar surface area (TPSA) is 77.8 Å². The first-order valence-electron chi connectivity index (χ1n) is 7.97. The summed E-state index contributed by atoms with van der Waals surface area (Å²) < 4.78 is 0. The van der Waals surface area contributed by atoms with Crippen molar-refractivity contribution in [3.63, 3.8) is 0 Å². The highest BCUT2D eigenvalue weighted by molar-refractivity contribution is 8.76. The molecule has 0 aliphatic rings. The summed E-state index contributed by atoms with van der Waals surface area (Å²) in [5.41, 5.74) is 13.5. The third-order valence-electron chi connectivity index (χ3n) is 3.40. The predicted octanol–water partition coefficient (Wildman–Crippen LogP) is 3.45. The summed E-state index contributed by atoms with van der Waals surface area (Å²) in [6.45, 7) is 1.44. The van der Waals surface area contributed by atoms with E-state index in [-0.39, 0.29) is 0 Å². The largest absolute Gasteiger partial charge is 0.330 e. The van der Waals surface area contributed by atoms with Gasteiger partial charge in [-0.3, -0.25) is 9.97 Å². The number of pyridine rings is 2. The van der Waals surface area contributed by atoms with Crippen LogP contribution >= 0.6 is 21.6 Å². The van der Waals surface area contributed by atoms with Crippen molar-refractivity contribution in [1.29, 1.82) is 0 Å². The molecule has 0 fully saturated rings. The fourth-order valence-corrected chi connectivity index (χ4v) is 4.57. The van der Waals surface area contributed by atoms with E-state index in [0.29, 0.717) is 6.54 Å². The van der Waals surface area contributed by atoms with Crippen molar-refractivity contribution in [1.82, 2.24) is 9.97 Å². The third-order valence-corrected chi connectivity index (χ3v) is 5.92. The van der Waals surface area contributed by atoms with Crippen LogP contribution < -0.4 is 11.5 Å². The van der Waals surface area contributed by atoms with Gasteiger partial charge in [-0.1, -0.05) is 21.6 Å². The fourth-order valence-electron chi connectivity index (χ4n) is 2.17. The second-order valence-corrected chi connectivity index (χ2v) is 7.41. The van der Waals surface area contributed by atoms with Crippen LogP contribution in [-0.4, -0.2) is 23.1 Å². The Balaban J connectivity index is 2.00. The summed E-state index contributed by atoms with van der Waals surface area (Å²) in [5.74, 6) is 0. The number of nitrogens with zero attached hydrogens (tertiary/aromatic N) is 2. The molecule has 0 atom stereocenters. The number of unbranched alkanes of at least 4 members (excludes halogenated alkanes) is 1. The summed E-state index contributed by atoms with van der Waals surface area (Å²) in [6.07, 6.45) is 8.71. The molecule has 0 aliphatic heterocycles. The number of hydrogen-bond donors (Lipinski definition) is 2. The van der Waals surface area contributed by atoms with E-state index < -0.39 is 0 Å². The van der Waals surface area contributed by atoms with E-state index in [9.17, 15) is 0 Å². The molecule has 0 saturated heterocycles. The minimum absolute atomic E-state index is 0.696. The van der Waals surface area contributed by atoms with Crippen LogP contribution in [0.1, 0.15) is 30.7 Å². The fraction of sp³-hybridized carbons (Fsp3) is 0.412. The number of nitrogens with two attached hydrogens (primary N) is 2. The molecule has 4 nitrogen and oxygen atoms in total. The second-order valence-electron chi connectivity index (χ2n) is 5.20. The maximum atomic E-state index is 5.61. The summed E-state index contributed by atoms with van der Waals surface area (Å²) in [4.78, 5) is 11.5. The van der Waals surface area contributed by atoms with E-state index in [1.165, 1.54) is 9.79 Å². The number of hydrogen-bond acceptors (Lipinski definition) is 6. The van der Waals surface area contributed by atoms with E-state index in [2.05, 4.69) is 22.1 Å². The maximum Gasteiger partial charge on any atom is 0.0548 e. The van der Waals surface area contributed by atoms with E-state index >= 15 is 0 Å². The molecule has 23 heavy (non-hydrogen) atoms. The van der Waals surface area contributed by atoms with Crippen molar-refractivity contribution >= 4 is 21.6 Å². The smallest absolute Gasteiger partial charge is 0.0548 e. The van der Waals surface area contributed by atoms with Crippen LogP contribution in [0, 0.1) is 0 Å². The van der Waals surface area contributed by atoms with Crippen LogP contribution in [-0.2, 0) is 12.8 Å². The average Bonchev–Trinajstić information content (AvgIpc) is 2.60. The molecule has 0 radical (unpaired) electrons. The molecule has 2 aromatic heterocycles. The summed E-state index contributed by atoms with van der Waals surface area (Å²) in [5, 5.41) is 0. The lowest BCUT2D eigenvalue weighted by Gasteiger charge is -2.09. The van der Waals surface area contributed by atoms with E-state index in [1.54, 1.807) is 21.6 Å². The molecular weight excluding hydrogens is 324 g/mol. The molecule has 0 spiro atoms. The summed E-state index contributed by atoms with van der Waals surface area (Å²) >= 11 is 0. The molecule has 0 aliphatic carbocycles. The summed E-state index contributed by atoms with van der Waals surface area (Å²) in [7, 11) is 3.51. The number of aromatic nitrogens is 2. The molecule has 2 heterocycles. The quantitative estimate of drug-likeness (QED) is 0.506. The lowest BCUT2D eigenvalue weighted by Crippen LogP contribution is -2.02. The first kappa shape index (κ1) is 18.3. The minimum atomic E-state index is 0.696. The number of aryl methyl sites for hydroxylation is 2. The Morgan fingerprint density at radius 2 is 1.26 bits per heavy atom. The van der Waals surface area contributed by atoms with Crippen molar-refractivity contribution in [2.24, 2.45) is 11.5 Å². The van der Waals surface area contributed by atoms with Crippen molar-refractivity contribution in [2.45, 2.75) is 41.9 Å². The van der Waals surface area contributed by atoms with Gasteiger partial charge in [-0.15, -0.1) is 0 Å². The minimum Gasteiger partial charge on any atom is -0.330 e. The zero-order valence-corrected chi connectivity index (χ0v) is 14.9. The van der Waals surface area contributed by atoms with Gasteiger partial charge in [0.2, 0.25) is 0 Å². The Labute approximate surface area is 146 Å². The first-order chi connectivity index (χ1) is 11.3. The van der Waals surface area contributed by atoms with Gasteiger partial charge in [0.25, 0.3) is 0 Å². The van der Waals surface area contributed by atoms with Crippen LogP contribution in [0.2, 0.25) is 0 Å². The Kier molecular flexibility index (Phi) is 8.46. The van der Waals surface area contributed by atoms with Gasteiger partial charge in [0, 0.05) is 22.2 Å². The predicted molar refractivity (Wildman–Crippen MR) is 99.6 cm³/mol. The van der Waals surface area contributed by atoms with Crippen LogP contribution in [0.4, 0.5) is 0 Å². The van der Waals surface area contributed by atoms with Crippen LogP contribution in [0.15, 0.2) is 46.5 Å². The zero-order valence-electron chi connectivity index (χ0n) is 13.3. The molecular formula is C17H24N4S2. The second kappa shape index (κ2) is 10.6. The van der Waals surface area contributed by atoms with Crippen LogP contribution in [0.25, 0.3) is 0 Å². The monoisotopic (exact) mass is 348 g/mol. The van der Waals surface area contributed by atoms with Gasteiger partial charge in [-0.25, -0.2) is 0 Å². The lowest BCUT2D eigenvalue weighted by atomic mass is 10.2. The van der Waals surface area contributed by atoms with Gasteiger partial charge in [0.15, 0.2) is 0 Å². The Hall–Kier alpha value is -1.08. The van der Waals surface area contributed by atoms with Crippen molar-refractivity contribution in [3.8, 4) is 0 Å². The van der Waals surface area contributed by atoms with Gasteiger partial charge < -0.3 is 11.5 Å². The molecule has 0 amide bonds. The molecule has 2 rings (SSSR count). The molecule has 6 heteroatoms. The van der Waals surface area contributed by atoms with Gasteiger partial charge in [0.05, 0.1) is 11.4 Å². The van der Waals surface area contributed by atoms with Gasteiger partial charge in [-0.2, -0.15) is 0 Å². The molecule has 2 aromatic rings. The SMILES string of the molecule is NCCCCc1ncccc1SSc1cccnc1CCCN. The zero-order chi connectivity index (χ0) is 16.3. The van der Waals surface area contributed by atoms with Gasteiger partial charge in [0.1, 0.15) is 0 Å². The maximum absolute atomic E-state index is 5.61. The highest BCUT2D eigenvalue weighted by Crippen LogP contribution is 2.40. The van der Waals surface area contributed by atoms with Crippen molar-refractivity contribution in [2.75, 3.05) is 13.1 Å². The van der Waals surface area contributed by atoms with Gasteiger partial charge >= 0.3 is 0 Å². The van der Waals surface area contributed by atoms with E-state index in [1.807, 2.05) is 24.5 Å². The first-order valence-corrected chi connectivity index (χ1v) is 10.1. The normalized spacial score (nSPS) is 10.9.